The van der Waals surface area contributed by atoms with E-state index in [0.717, 1.165) is 12.8 Å². The van der Waals surface area contributed by atoms with Gasteiger partial charge < -0.3 is 10.2 Å². The van der Waals surface area contributed by atoms with Gasteiger partial charge in [-0.25, -0.2) is 0 Å². The Kier molecular flexibility index (Phi) is 7.01. The fraction of sp³-hybridized carbons (Fsp3) is 0.750. The molecule has 0 aromatic heterocycles. The van der Waals surface area contributed by atoms with Crippen molar-refractivity contribution in [3.8, 4) is 0 Å². The number of nitrogens with zero attached hydrogens (tertiary/aromatic N) is 3. The van der Waals surface area contributed by atoms with Crippen LogP contribution in [0.15, 0.2) is 17.3 Å². The molecular weight excluding hydrogens is 170 g/mol. The van der Waals surface area contributed by atoms with Gasteiger partial charge in [0.25, 0.3) is 0 Å². The van der Waals surface area contributed by atoms with E-state index < -0.39 is 12.1 Å². The number of hydrogen-bond acceptors (Lipinski definition) is 3. The molecule has 0 heterocycles. The highest BCUT2D eigenvalue weighted by Gasteiger charge is 2.12. The highest BCUT2D eigenvalue weighted by molar-refractivity contribution is 4.94. The molecule has 5 nitrogen and oxygen atoms in total. The van der Waals surface area contributed by atoms with Crippen LogP contribution in [0.4, 0.5) is 0 Å². The van der Waals surface area contributed by atoms with E-state index in [1.807, 2.05) is 6.92 Å². The number of aliphatic hydroxyl groups is 2. The summed E-state index contributed by atoms with van der Waals surface area (Å²) in [6, 6.07) is -0.780. The molecule has 13 heavy (non-hydrogen) atoms. The van der Waals surface area contributed by atoms with E-state index in [-0.39, 0.29) is 6.61 Å². The van der Waals surface area contributed by atoms with Gasteiger partial charge in [0.2, 0.25) is 0 Å². The Labute approximate surface area is 77.3 Å². The molecule has 0 saturated carbocycles. The summed E-state index contributed by atoms with van der Waals surface area (Å²) in [5.74, 6) is 0. The highest BCUT2D eigenvalue weighted by Crippen LogP contribution is 2.02. The summed E-state index contributed by atoms with van der Waals surface area (Å²) >= 11 is 0. The van der Waals surface area contributed by atoms with Crippen molar-refractivity contribution in [1.29, 1.82) is 0 Å². The van der Waals surface area contributed by atoms with Crippen LogP contribution in [0.3, 0.4) is 0 Å². The molecule has 0 aliphatic heterocycles. The molecule has 0 fully saturated rings. The van der Waals surface area contributed by atoms with E-state index in [9.17, 15) is 5.11 Å². The van der Waals surface area contributed by atoms with Crippen LogP contribution >= 0.6 is 0 Å². The van der Waals surface area contributed by atoms with Crippen molar-refractivity contribution in [1.82, 2.24) is 0 Å². The van der Waals surface area contributed by atoms with Crippen LogP contribution in [0.2, 0.25) is 0 Å². The van der Waals surface area contributed by atoms with Crippen molar-refractivity contribution < 1.29 is 10.2 Å². The third kappa shape index (κ3) is 5.25. The van der Waals surface area contributed by atoms with Gasteiger partial charge in [-0.1, -0.05) is 30.6 Å². The Bertz CT molecular complexity index is 200. The molecule has 0 aliphatic carbocycles. The third-order valence-corrected chi connectivity index (χ3v) is 1.57. The maximum atomic E-state index is 9.36. The molecule has 0 spiro atoms. The first-order valence-corrected chi connectivity index (χ1v) is 4.26. The van der Waals surface area contributed by atoms with Crippen LogP contribution < -0.4 is 0 Å². The third-order valence-electron chi connectivity index (χ3n) is 1.57. The molecule has 0 saturated heterocycles. The Morgan fingerprint density at radius 3 is 2.77 bits per heavy atom. The molecular formula is C8H15N3O2. The van der Waals surface area contributed by atoms with Crippen LogP contribution in [-0.4, -0.2) is 29.0 Å². The molecule has 0 aromatic rings. The smallest absolute Gasteiger partial charge is 0.0900 e. The van der Waals surface area contributed by atoms with Crippen LogP contribution in [0.5, 0.6) is 0 Å². The molecule has 0 radical (unpaired) electrons. The van der Waals surface area contributed by atoms with Gasteiger partial charge in [-0.05, 0) is 12.0 Å². The summed E-state index contributed by atoms with van der Waals surface area (Å²) in [7, 11) is 0. The lowest BCUT2D eigenvalue weighted by molar-refractivity contribution is 0.144. The fourth-order valence-electron chi connectivity index (χ4n) is 0.810. The molecule has 0 aliphatic rings. The van der Waals surface area contributed by atoms with E-state index in [0.29, 0.717) is 0 Å². The van der Waals surface area contributed by atoms with Crippen molar-refractivity contribution in [2.75, 3.05) is 6.61 Å². The van der Waals surface area contributed by atoms with Crippen LogP contribution in [0, 0.1) is 0 Å². The first kappa shape index (κ1) is 12.0. The maximum Gasteiger partial charge on any atom is 0.0900 e. The first-order valence-electron chi connectivity index (χ1n) is 4.26. The Morgan fingerprint density at radius 2 is 2.31 bits per heavy atom. The summed E-state index contributed by atoms with van der Waals surface area (Å²) in [4.78, 5) is 2.53. The van der Waals surface area contributed by atoms with Crippen LogP contribution in [0.25, 0.3) is 10.4 Å². The summed E-state index contributed by atoms with van der Waals surface area (Å²) in [5.41, 5.74) is 8.10. The van der Waals surface area contributed by atoms with Crippen molar-refractivity contribution in [2.45, 2.75) is 31.9 Å². The number of azide groups is 1. The van der Waals surface area contributed by atoms with Gasteiger partial charge >= 0.3 is 0 Å². The fourth-order valence-corrected chi connectivity index (χ4v) is 0.810. The lowest BCUT2D eigenvalue weighted by Crippen LogP contribution is -2.25. The molecule has 2 N–H and O–H groups in total. The molecule has 0 rings (SSSR count). The molecule has 2 atom stereocenters. The zero-order valence-electron chi connectivity index (χ0n) is 7.67. The minimum Gasteiger partial charge on any atom is -0.396 e. The monoisotopic (exact) mass is 185 g/mol. The van der Waals surface area contributed by atoms with E-state index in [1.54, 1.807) is 12.2 Å². The molecule has 0 aromatic carbocycles. The number of hydrogen-bond donors (Lipinski definition) is 2. The lowest BCUT2D eigenvalue weighted by Gasteiger charge is -2.11. The van der Waals surface area contributed by atoms with E-state index in [4.69, 9.17) is 10.6 Å². The van der Waals surface area contributed by atoms with Gasteiger partial charge in [-0.3, -0.25) is 0 Å². The summed E-state index contributed by atoms with van der Waals surface area (Å²) in [6.45, 7) is 1.68. The quantitative estimate of drug-likeness (QED) is 0.283. The van der Waals surface area contributed by atoms with Gasteiger partial charge in [0.1, 0.15) is 0 Å². The molecule has 0 unspecified atom stereocenters. The van der Waals surface area contributed by atoms with Gasteiger partial charge in [0.05, 0.1) is 18.8 Å². The van der Waals surface area contributed by atoms with Crippen molar-refractivity contribution in [2.24, 2.45) is 5.11 Å². The topological polar surface area (TPSA) is 89.2 Å². The number of rotatable bonds is 6. The van der Waals surface area contributed by atoms with Gasteiger partial charge in [0, 0.05) is 4.91 Å². The summed E-state index contributed by atoms with van der Waals surface area (Å²) in [6.07, 6.45) is 4.31. The standard InChI is InChI=1S/C8H15N3O2/c1-2-3-4-5-8(13)7(6-12)10-11-9/h4-5,7-8,12-13H,2-3,6H2,1H3/b5-4+/t7-,8+/m0/s1. The molecule has 0 amide bonds. The predicted octanol–water partition coefficient (Wildman–Crippen LogP) is 1.37. The summed E-state index contributed by atoms with van der Waals surface area (Å²) < 4.78 is 0. The second-order valence-corrected chi connectivity index (χ2v) is 2.66. The van der Waals surface area contributed by atoms with Gasteiger partial charge in [-0.2, -0.15) is 0 Å². The second kappa shape index (κ2) is 7.61. The maximum absolute atomic E-state index is 9.36. The lowest BCUT2D eigenvalue weighted by atomic mass is 10.1. The van der Waals surface area contributed by atoms with Gasteiger partial charge in [-0.15, -0.1) is 0 Å². The Morgan fingerprint density at radius 1 is 1.62 bits per heavy atom. The highest BCUT2D eigenvalue weighted by atomic mass is 16.3. The van der Waals surface area contributed by atoms with Gasteiger partial charge in [0.15, 0.2) is 0 Å². The molecule has 0 bridgehead atoms. The number of unbranched alkanes of at least 4 members (excludes halogenated alkanes) is 1. The van der Waals surface area contributed by atoms with E-state index in [2.05, 4.69) is 10.0 Å². The molecule has 74 valence electrons. The van der Waals surface area contributed by atoms with Crippen molar-refractivity contribution >= 4 is 0 Å². The zero-order valence-corrected chi connectivity index (χ0v) is 7.67. The predicted molar refractivity (Wildman–Crippen MR) is 50.1 cm³/mol. The molecule has 5 heteroatoms. The average molecular weight is 185 g/mol. The normalized spacial score (nSPS) is 15.3. The van der Waals surface area contributed by atoms with Crippen LogP contribution in [-0.2, 0) is 0 Å². The zero-order chi connectivity index (χ0) is 10.1. The Balaban J connectivity index is 4.04. The van der Waals surface area contributed by atoms with E-state index >= 15 is 0 Å². The van der Waals surface area contributed by atoms with Crippen molar-refractivity contribution in [3.63, 3.8) is 0 Å². The average Bonchev–Trinajstić information content (AvgIpc) is 2.14. The minimum absolute atomic E-state index is 0.346. The SMILES string of the molecule is CCC/C=C/[C@@H](O)[C@H](CO)N=[N+]=[N-]. The Hall–Kier alpha value is -1.03. The first-order chi connectivity index (χ1) is 6.26. The van der Waals surface area contributed by atoms with E-state index in [1.165, 1.54) is 0 Å². The number of allylic oxidation sites excluding steroid dienone is 1. The largest absolute Gasteiger partial charge is 0.396 e. The number of aliphatic hydroxyl groups excluding tert-OH is 2. The van der Waals surface area contributed by atoms with Crippen molar-refractivity contribution in [3.05, 3.63) is 22.6 Å². The summed E-state index contributed by atoms with van der Waals surface area (Å²) in [5, 5.41) is 21.3. The second-order valence-electron chi connectivity index (χ2n) is 2.66. The minimum atomic E-state index is -0.896. The van der Waals surface area contributed by atoms with Crippen LogP contribution in [0.1, 0.15) is 19.8 Å².